The van der Waals surface area contributed by atoms with E-state index < -0.39 is 11.7 Å². The minimum atomic E-state index is -0.694. The van der Waals surface area contributed by atoms with E-state index in [1.165, 1.54) is 17.0 Å². The SMILES string of the molecule is C#Cc1ccc(CN(C(=O)c2cc3c4c(c(N)nc3cc2F)C(C)OC4)c2cnn(C)c2)nc1. The molecule has 5 rings (SSSR count). The molecule has 1 aliphatic rings. The highest BCUT2D eigenvalue weighted by Gasteiger charge is 2.28. The molecule has 0 spiro atoms. The number of anilines is 2. The van der Waals surface area contributed by atoms with Gasteiger partial charge in [-0.25, -0.2) is 9.37 Å². The second-order valence-electron chi connectivity index (χ2n) is 8.14. The summed E-state index contributed by atoms with van der Waals surface area (Å²) in [5, 5.41) is 4.80. The van der Waals surface area contributed by atoms with Crippen molar-refractivity contribution in [2.45, 2.75) is 26.2 Å². The first kappa shape index (κ1) is 21.6. The van der Waals surface area contributed by atoms with Gasteiger partial charge in [-0.15, -0.1) is 6.42 Å². The summed E-state index contributed by atoms with van der Waals surface area (Å²) in [6, 6.07) is 6.24. The predicted octanol–water partition coefficient (Wildman–Crippen LogP) is 3.50. The number of halogens is 1. The van der Waals surface area contributed by atoms with E-state index in [2.05, 4.69) is 21.0 Å². The minimum absolute atomic E-state index is 0.0927. The van der Waals surface area contributed by atoms with E-state index in [-0.39, 0.29) is 18.2 Å². The number of fused-ring (bicyclic) bond motifs is 3. The monoisotopic (exact) mass is 456 g/mol. The largest absolute Gasteiger partial charge is 0.383 e. The summed E-state index contributed by atoms with van der Waals surface area (Å²) in [5.41, 5.74) is 9.70. The number of carbonyl (C=O) groups excluding carboxylic acids is 1. The molecule has 4 aromatic rings. The zero-order valence-corrected chi connectivity index (χ0v) is 18.6. The third-order valence-electron chi connectivity index (χ3n) is 5.93. The average Bonchev–Trinajstić information content (AvgIpc) is 3.43. The van der Waals surface area contributed by atoms with Gasteiger partial charge in [-0.1, -0.05) is 5.92 Å². The number of pyridine rings is 2. The van der Waals surface area contributed by atoms with Crippen molar-refractivity contribution in [3.8, 4) is 12.3 Å². The molecule has 170 valence electrons. The van der Waals surface area contributed by atoms with E-state index in [9.17, 15) is 4.79 Å². The lowest BCUT2D eigenvalue weighted by molar-refractivity contribution is 0.0801. The number of rotatable bonds is 4. The molecule has 1 aromatic carbocycles. The number of aryl methyl sites for hydroxylation is 1. The first-order chi connectivity index (χ1) is 16.4. The van der Waals surface area contributed by atoms with E-state index in [1.54, 1.807) is 42.5 Å². The standard InChI is InChI=1S/C25H21FN6O2/c1-4-15-5-6-16(28-9-15)11-32(17-10-29-31(3)12-17)25(33)19-7-18-20-13-34-14(2)23(20)24(27)30-22(18)8-21(19)26/h1,5-10,12,14H,11,13H2,2-3H3,(H2,27,30). The highest BCUT2D eigenvalue weighted by molar-refractivity contribution is 6.08. The van der Waals surface area contributed by atoms with Gasteiger partial charge in [0.15, 0.2) is 0 Å². The molecule has 8 nitrogen and oxygen atoms in total. The zero-order valence-electron chi connectivity index (χ0n) is 18.6. The molecule has 1 unspecified atom stereocenters. The van der Waals surface area contributed by atoms with E-state index in [1.807, 2.05) is 6.92 Å². The van der Waals surface area contributed by atoms with Crippen molar-refractivity contribution >= 4 is 28.3 Å². The van der Waals surface area contributed by atoms with Gasteiger partial charge in [-0.05, 0) is 30.7 Å². The number of aromatic nitrogens is 4. The number of carbonyl (C=O) groups is 1. The van der Waals surface area contributed by atoms with Crippen LogP contribution in [0.3, 0.4) is 0 Å². The van der Waals surface area contributed by atoms with Gasteiger partial charge in [0.2, 0.25) is 0 Å². The summed E-state index contributed by atoms with van der Waals surface area (Å²) < 4.78 is 22.5. The van der Waals surface area contributed by atoms with Crippen molar-refractivity contribution in [3.05, 3.63) is 76.6 Å². The van der Waals surface area contributed by atoms with Gasteiger partial charge in [0.1, 0.15) is 11.6 Å². The maximum absolute atomic E-state index is 15.2. The van der Waals surface area contributed by atoms with Crippen LogP contribution in [0.1, 0.15) is 45.8 Å². The van der Waals surface area contributed by atoms with Crippen molar-refractivity contribution < 1.29 is 13.9 Å². The van der Waals surface area contributed by atoms with Gasteiger partial charge in [-0.2, -0.15) is 5.10 Å². The molecule has 34 heavy (non-hydrogen) atoms. The number of benzene rings is 1. The van der Waals surface area contributed by atoms with Gasteiger partial charge < -0.3 is 10.5 Å². The van der Waals surface area contributed by atoms with Gasteiger partial charge in [0, 0.05) is 42.0 Å². The number of amides is 1. The van der Waals surface area contributed by atoms with Crippen molar-refractivity contribution in [2.24, 2.45) is 7.05 Å². The van der Waals surface area contributed by atoms with Crippen LogP contribution in [0, 0.1) is 18.2 Å². The Hall–Kier alpha value is -4.29. The van der Waals surface area contributed by atoms with Crippen LogP contribution in [0.4, 0.5) is 15.9 Å². The summed E-state index contributed by atoms with van der Waals surface area (Å²) in [4.78, 5) is 23.8. The molecular formula is C25H21FN6O2. The number of hydrogen-bond acceptors (Lipinski definition) is 6. The van der Waals surface area contributed by atoms with Crippen molar-refractivity contribution in [2.75, 3.05) is 10.6 Å². The topological polar surface area (TPSA) is 99.2 Å². The molecule has 0 bridgehead atoms. The second kappa shape index (κ2) is 8.24. The smallest absolute Gasteiger partial charge is 0.261 e. The average molecular weight is 456 g/mol. The van der Waals surface area contributed by atoms with E-state index in [4.69, 9.17) is 16.9 Å². The van der Waals surface area contributed by atoms with Crippen LogP contribution >= 0.6 is 0 Å². The number of ether oxygens (including phenoxy) is 1. The van der Waals surface area contributed by atoms with Crippen molar-refractivity contribution in [1.29, 1.82) is 0 Å². The first-order valence-corrected chi connectivity index (χ1v) is 10.6. The minimum Gasteiger partial charge on any atom is -0.383 e. The third-order valence-corrected chi connectivity index (χ3v) is 5.93. The molecule has 1 aliphatic heterocycles. The highest BCUT2D eigenvalue weighted by atomic mass is 19.1. The number of nitrogen functional groups attached to an aromatic ring is 1. The Labute approximate surface area is 195 Å². The van der Waals surface area contributed by atoms with Crippen LogP contribution in [-0.2, 0) is 24.9 Å². The van der Waals surface area contributed by atoms with Gasteiger partial charge >= 0.3 is 0 Å². The van der Waals surface area contributed by atoms with E-state index >= 15 is 4.39 Å². The Morgan fingerprint density at radius 2 is 2.21 bits per heavy atom. The van der Waals surface area contributed by atoms with Gasteiger partial charge in [0.05, 0.1) is 47.9 Å². The van der Waals surface area contributed by atoms with Crippen LogP contribution in [0.5, 0.6) is 0 Å². The summed E-state index contributed by atoms with van der Waals surface area (Å²) >= 11 is 0. The molecule has 9 heteroatoms. The number of terminal acetylenes is 1. The second-order valence-corrected chi connectivity index (χ2v) is 8.14. The van der Waals surface area contributed by atoms with Crippen LogP contribution in [0.15, 0.2) is 42.9 Å². The molecule has 1 amide bonds. The molecule has 0 fully saturated rings. The van der Waals surface area contributed by atoms with Gasteiger partial charge in [0.25, 0.3) is 5.91 Å². The fraction of sp³-hybridized carbons (Fsp3) is 0.200. The Balaban J connectivity index is 1.60. The van der Waals surface area contributed by atoms with Crippen molar-refractivity contribution in [1.82, 2.24) is 19.7 Å². The van der Waals surface area contributed by atoms with Gasteiger partial charge in [-0.3, -0.25) is 19.4 Å². The molecule has 0 saturated carbocycles. The number of hydrogen-bond donors (Lipinski definition) is 1. The molecular weight excluding hydrogens is 435 g/mol. The number of nitrogens with two attached hydrogens (primary N) is 1. The van der Waals surface area contributed by atoms with Crippen LogP contribution in [0.2, 0.25) is 0 Å². The molecule has 3 aromatic heterocycles. The quantitative estimate of drug-likeness (QED) is 0.472. The third kappa shape index (κ3) is 3.64. The predicted molar refractivity (Wildman–Crippen MR) is 125 cm³/mol. The molecule has 0 aliphatic carbocycles. The van der Waals surface area contributed by atoms with Crippen LogP contribution < -0.4 is 10.6 Å². The number of nitrogens with zero attached hydrogens (tertiary/aromatic N) is 5. The fourth-order valence-corrected chi connectivity index (χ4v) is 4.19. The molecule has 0 radical (unpaired) electrons. The molecule has 1 atom stereocenters. The lowest BCUT2D eigenvalue weighted by atomic mass is 9.99. The summed E-state index contributed by atoms with van der Waals surface area (Å²) in [6.45, 7) is 2.30. The molecule has 0 saturated heterocycles. The Bertz CT molecular complexity index is 1470. The lowest BCUT2D eigenvalue weighted by Crippen LogP contribution is -2.31. The highest BCUT2D eigenvalue weighted by Crippen LogP contribution is 2.38. The fourth-order valence-electron chi connectivity index (χ4n) is 4.19. The van der Waals surface area contributed by atoms with Crippen LogP contribution in [-0.4, -0.2) is 25.7 Å². The Kier molecular flexibility index (Phi) is 5.23. The molecule has 4 heterocycles. The normalized spacial score (nSPS) is 14.7. The Morgan fingerprint density at radius 1 is 1.38 bits per heavy atom. The summed E-state index contributed by atoms with van der Waals surface area (Å²) in [7, 11) is 1.74. The summed E-state index contributed by atoms with van der Waals surface area (Å²) in [6.07, 6.45) is 9.97. The lowest BCUT2D eigenvalue weighted by Gasteiger charge is -2.21. The van der Waals surface area contributed by atoms with Crippen molar-refractivity contribution in [3.63, 3.8) is 0 Å². The maximum Gasteiger partial charge on any atom is 0.261 e. The van der Waals surface area contributed by atoms with Crippen LogP contribution in [0.25, 0.3) is 10.9 Å². The summed E-state index contributed by atoms with van der Waals surface area (Å²) in [5.74, 6) is 1.59. The van der Waals surface area contributed by atoms with E-state index in [0.717, 1.165) is 11.1 Å². The Morgan fingerprint density at radius 3 is 2.88 bits per heavy atom. The molecule has 2 N–H and O–H groups in total. The first-order valence-electron chi connectivity index (χ1n) is 10.6. The van der Waals surface area contributed by atoms with E-state index in [0.29, 0.717) is 40.3 Å². The maximum atomic E-state index is 15.2. The zero-order chi connectivity index (χ0) is 24.0.